The fourth-order valence-corrected chi connectivity index (χ4v) is 5.02. The summed E-state index contributed by atoms with van der Waals surface area (Å²) in [6, 6.07) is 13.8. The van der Waals surface area contributed by atoms with Gasteiger partial charge in [0.2, 0.25) is 0 Å². The first-order valence-electron chi connectivity index (χ1n) is 11.3. The summed E-state index contributed by atoms with van der Waals surface area (Å²) in [4.78, 5) is 12.8. The van der Waals surface area contributed by atoms with Crippen molar-refractivity contribution in [1.82, 2.24) is 0 Å². The Hall–Kier alpha value is -2.63. The van der Waals surface area contributed by atoms with Gasteiger partial charge in [0.25, 0.3) is 0 Å². The first-order valence-corrected chi connectivity index (χ1v) is 11.3. The van der Waals surface area contributed by atoms with E-state index in [0.717, 1.165) is 34.9 Å². The van der Waals surface area contributed by atoms with Crippen molar-refractivity contribution in [3.05, 3.63) is 66.3 Å². The molecule has 1 aliphatic heterocycles. The van der Waals surface area contributed by atoms with E-state index in [-0.39, 0.29) is 29.8 Å². The van der Waals surface area contributed by atoms with Crippen LogP contribution in [0.4, 0.5) is 10.5 Å². The molecular formula is C27H33NO4. The van der Waals surface area contributed by atoms with Crippen LogP contribution in [-0.2, 0) is 14.2 Å². The Bertz CT molecular complexity index is 1040. The number of epoxide rings is 1. The van der Waals surface area contributed by atoms with Gasteiger partial charge in [-0.25, -0.2) is 4.79 Å². The Morgan fingerprint density at radius 3 is 2.75 bits per heavy atom. The van der Waals surface area contributed by atoms with Crippen LogP contribution in [0.25, 0.3) is 10.8 Å². The van der Waals surface area contributed by atoms with E-state index < -0.39 is 6.09 Å². The molecule has 5 atom stereocenters. The normalized spacial score (nSPS) is 29.4. The summed E-state index contributed by atoms with van der Waals surface area (Å²) in [5.41, 5.74) is 2.77. The molecule has 0 bridgehead atoms. The number of rotatable bonds is 6. The van der Waals surface area contributed by atoms with Crippen LogP contribution in [0.3, 0.4) is 0 Å². The van der Waals surface area contributed by atoms with Gasteiger partial charge >= 0.3 is 6.09 Å². The Kier molecular flexibility index (Phi) is 6.40. The molecule has 2 fully saturated rings. The maximum atomic E-state index is 12.8. The third-order valence-corrected chi connectivity index (χ3v) is 6.78. The number of allylic oxidation sites excluding steroid dienone is 1. The van der Waals surface area contributed by atoms with Crippen LogP contribution in [-0.4, -0.2) is 37.1 Å². The van der Waals surface area contributed by atoms with Gasteiger partial charge in [-0.2, -0.15) is 0 Å². The number of carbonyl (C=O) groups is 1. The lowest BCUT2D eigenvalue weighted by atomic mass is 9.72. The zero-order chi connectivity index (χ0) is 22.9. The number of benzene rings is 2. The summed E-state index contributed by atoms with van der Waals surface area (Å²) in [6.45, 7) is 10.6. The number of nitrogens with one attached hydrogen (secondary N) is 1. The van der Waals surface area contributed by atoms with Crippen LogP contribution in [0.5, 0.6) is 0 Å². The van der Waals surface area contributed by atoms with Gasteiger partial charge in [-0.05, 0) is 51.5 Å². The van der Waals surface area contributed by atoms with Crippen LogP contribution >= 0.6 is 0 Å². The van der Waals surface area contributed by atoms with Crippen molar-refractivity contribution < 1.29 is 19.0 Å². The van der Waals surface area contributed by atoms with Crippen LogP contribution in [0, 0.1) is 5.92 Å². The predicted molar refractivity (Wildman–Crippen MR) is 128 cm³/mol. The van der Waals surface area contributed by atoms with E-state index in [2.05, 4.69) is 38.7 Å². The quantitative estimate of drug-likeness (QED) is 0.430. The molecule has 1 heterocycles. The Balaban J connectivity index is 1.47. The van der Waals surface area contributed by atoms with Gasteiger partial charge in [-0.15, -0.1) is 0 Å². The van der Waals surface area contributed by atoms with Crippen molar-refractivity contribution in [2.75, 3.05) is 12.4 Å². The molecule has 0 unspecified atom stereocenters. The highest BCUT2D eigenvalue weighted by molar-refractivity contribution is 6.00. The lowest BCUT2D eigenvalue weighted by Crippen LogP contribution is -2.49. The number of carbonyl (C=O) groups excluding carboxylic acids is 1. The molecule has 4 rings (SSSR count). The third-order valence-electron chi connectivity index (χ3n) is 6.78. The summed E-state index contributed by atoms with van der Waals surface area (Å²) < 4.78 is 17.9. The molecule has 1 saturated carbocycles. The molecule has 5 nitrogen and oxygen atoms in total. The largest absolute Gasteiger partial charge is 0.443 e. The zero-order valence-corrected chi connectivity index (χ0v) is 19.4. The van der Waals surface area contributed by atoms with Gasteiger partial charge in [-0.3, -0.25) is 5.32 Å². The minimum absolute atomic E-state index is 0.0211. The SMILES string of the molecule is C=C1CC[C@@H](OC(=O)Nc2cccc3ccccc23)[C@@H](OC)[C@@H]1[C@@]1(C)O[C@@H]1CC=C(C)C. The van der Waals surface area contributed by atoms with Crippen LogP contribution in [0.15, 0.2) is 66.3 Å². The van der Waals surface area contributed by atoms with Crippen LogP contribution in [0.2, 0.25) is 0 Å². The minimum atomic E-state index is -0.470. The number of ether oxygens (including phenoxy) is 3. The van der Waals surface area contributed by atoms with Crippen molar-refractivity contribution >= 4 is 22.6 Å². The maximum absolute atomic E-state index is 12.8. The lowest BCUT2D eigenvalue weighted by molar-refractivity contribution is -0.0711. The number of hydrogen-bond acceptors (Lipinski definition) is 4. The summed E-state index contributed by atoms with van der Waals surface area (Å²) in [5.74, 6) is -0.0211. The first-order chi connectivity index (χ1) is 15.3. The van der Waals surface area contributed by atoms with E-state index in [1.807, 2.05) is 42.5 Å². The molecule has 32 heavy (non-hydrogen) atoms. The summed E-state index contributed by atoms with van der Waals surface area (Å²) in [6.07, 6.45) is 3.53. The van der Waals surface area contributed by atoms with Gasteiger partial charge in [0.1, 0.15) is 17.8 Å². The molecule has 0 radical (unpaired) electrons. The predicted octanol–water partition coefficient (Wildman–Crippen LogP) is 6.25. The third kappa shape index (κ3) is 4.45. The molecule has 5 heteroatoms. The van der Waals surface area contributed by atoms with E-state index in [1.165, 1.54) is 5.57 Å². The highest BCUT2D eigenvalue weighted by Crippen LogP contribution is 2.52. The number of methoxy groups -OCH3 is 1. The summed E-state index contributed by atoms with van der Waals surface area (Å²) in [7, 11) is 1.67. The van der Waals surface area contributed by atoms with Crippen LogP contribution < -0.4 is 5.32 Å². The molecule has 0 aromatic heterocycles. The average Bonchev–Trinajstić information content (AvgIpc) is 3.44. The summed E-state index contributed by atoms with van der Waals surface area (Å²) >= 11 is 0. The topological polar surface area (TPSA) is 60.1 Å². The minimum Gasteiger partial charge on any atom is -0.443 e. The van der Waals surface area contributed by atoms with Crippen LogP contribution in [0.1, 0.15) is 40.0 Å². The molecule has 1 N–H and O–H groups in total. The second-order valence-corrected chi connectivity index (χ2v) is 9.28. The van der Waals surface area contributed by atoms with E-state index >= 15 is 0 Å². The number of hydrogen-bond donors (Lipinski definition) is 1. The average molecular weight is 436 g/mol. The zero-order valence-electron chi connectivity index (χ0n) is 19.4. The standard InChI is InChI=1S/C27H33NO4/c1-17(2)13-16-23-27(4,32-23)24-18(3)14-15-22(25(24)30-5)31-26(29)28-21-12-8-10-19-9-6-7-11-20(19)21/h6-13,22-25H,3,14-16H2,1-2,4-5H3,(H,28,29)/t22-,23-,24-,25-,27+/m1/s1. The first kappa shape index (κ1) is 22.6. The molecule has 1 saturated heterocycles. The molecular weight excluding hydrogens is 402 g/mol. The highest BCUT2D eigenvalue weighted by atomic mass is 16.6. The summed E-state index contributed by atoms with van der Waals surface area (Å²) in [5, 5.41) is 4.96. The monoisotopic (exact) mass is 435 g/mol. The van der Waals surface area contributed by atoms with Gasteiger partial charge in [0.15, 0.2) is 0 Å². The van der Waals surface area contributed by atoms with Gasteiger partial charge in [0.05, 0.1) is 11.8 Å². The van der Waals surface area contributed by atoms with E-state index in [9.17, 15) is 4.79 Å². The van der Waals surface area contributed by atoms with Crippen molar-refractivity contribution in [2.24, 2.45) is 5.92 Å². The van der Waals surface area contributed by atoms with Crippen molar-refractivity contribution in [1.29, 1.82) is 0 Å². The van der Waals surface area contributed by atoms with E-state index in [0.29, 0.717) is 6.42 Å². The highest BCUT2D eigenvalue weighted by Gasteiger charge is 2.61. The van der Waals surface area contributed by atoms with Crippen molar-refractivity contribution in [2.45, 2.75) is 63.9 Å². The molecule has 2 aromatic carbocycles. The van der Waals surface area contributed by atoms with Crippen molar-refractivity contribution in [3.8, 4) is 0 Å². The second-order valence-electron chi connectivity index (χ2n) is 9.28. The van der Waals surface area contributed by atoms with E-state index in [4.69, 9.17) is 14.2 Å². The molecule has 0 spiro atoms. The maximum Gasteiger partial charge on any atom is 0.412 e. The molecule has 1 amide bonds. The van der Waals surface area contributed by atoms with Gasteiger partial charge in [0, 0.05) is 18.4 Å². The van der Waals surface area contributed by atoms with E-state index in [1.54, 1.807) is 7.11 Å². The fraction of sp³-hybridized carbons (Fsp3) is 0.444. The Morgan fingerprint density at radius 2 is 2.00 bits per heavy atom. The Labute approximate surface area is 190 Å². The van der Waals surface area contributed by atoms with Gasteiger partial charge in [-0.1, -0.05) is 60.2 Å². The van der Waals surface area contributed by atoms with Crippen molar-refractivity contribution in [3.63, 3.8) is 0 Å². The second kappa shape index (κ2) is 9.08. The number of amides is 1. The fourth-order valence-electron chi connectivity index (χ4n) is 5.02. The van der Waals surface area contributed by atoms with Gasteiger partial charge < -0.3 is 14.2 Å². The number of anilines is 1. The lowest BCUT2D eigenvalue weighted by Gasteiger charge is -2.40. The molecule has 2 aliphatic rings. The molecule has 1 aliphatic carbocycles. The molecule has 170 valence electrons. The molecule has 2 aromatic rings. The smallest absolute Gasteiger partial charge is 0.412 e. The Morgan fingerprint density at radius 1 is 1.25 bits per heavy atom. The number of fused-ring (bicyclic) bond motifs is 1.